The van der Waals surface area contributed by atoms with Crippen molar-refractivity contribution in [2.45, 2.75) is 63.3 Å². The van der Waals surface area contributed by atoms with Crippen LogP contribution in [0.5, 0.6) is 0 Å². The van der Waals surface area contributed by atoms with Crippen molar-refractivity contribution in [2.24, 2.45) is 23.5 Å². The van der Waals surface area contributed by atoms with Crippen molar-refractivity contribution < 1.29 is 4.79 Å². The normalized spacial score (nSPS) is 36.4. The number of carbonyl (C=O) groups excluding carboxylic acids is 1. The molecule has 19 heavy (non-hydrogen) atoms. The van der Waals surface area contributed by atoms with Crippen molar-refractivity contribution in [3.63, 3.8) is 0 Å². The molecule has 0 aromatic rings. The molecule has 3 nitrogen and oxygen atoms in total. The van der Waals surface area contributed by atoms with Crippen LogP contribution >= 0.6 is 0 Å². The lowest BCUT2D eigenvalue weighted by atomic mass is 9.81. The number of hydrogen-bond donors (Lipinski definition) is 1. The Hall–Kier alpha value is -0.570. The van der Waals surface area contributed by atoms with Gasteiger partial charge in [0.2, 0.25) is 5.91 Å². The van der Waals surface area contributed by atoms with E-state index in [-0.39, 0.29) is 5.91 Å². The predicted molar refractivity (Wildman–Crippen MR) is 76.6 cm³/mol. The molecule has 0 aliphatic heterocycles. The van der Waals surface area contributed by atoms with E-state index < -0.39 is 5.54 Å². The van der Waals surface area contributed by atoms with Crippen LogP contribution in [-0.4, -0.2) is 29.9 Å². The Kier molecular flexibility index (Phi) is 3.59. The van der Waals surface area contributed by atoms with Crippen LogP contribution in [0.15, 0.2) is 0 Å². The first-order valence-electron chi connectivity index (χ1n) is 8.13. The highest BCUT2D eigenvalue weighted by molar-refractivity contribution is 5.86. The van der Waals surface area contributed by atoms with Gasteiger partial charge < -0.3 is 10.6 Å². The van der Waals surface area contributed by atoms with Crippen LogP contribution in [0, 0.1) is 17.8 Å². The number of fused-ring (bicyclic) bond motifs is 2. The number of likely N-dealkylation sites (N-methyl/N-ethyl adjacent to an activating group) is 1. The molecule has 3 atom stereocenters. The molecular weight excluding hydrogens is 236 g/mol. The fraction of sp³-hybridized carbons (Fsp3) is 0.938. The van der Waals surface area contributed by atoms with Gasteiger partial charge in [0.25, 0.3) is 0 Å². The quantitative estimate of drug-likeness (QED) is 0.851. The summed E-state index contributed by atoms with van der Waals surface area (Å²) in [6.07, 6.45) is 10.8. The summed E-state index contributed by atoms with van der Waals surface area (Å²) >= 11 is 0. The van der Waals surface area contributed by atoms with E-state index in [1.54, 1.807) is 0 Å². The molecule has 3 heteroatoms. The second kappa shape index (κ2) is 5.08. The average Bonchev–Trinajstić information content (AvgIpc) is 3.01. The zero-order valence-electron chi connectivity index (χ0n) is 12.2. The Bertz CT molecular complexity index is 349. The van der Waals surface area contributed by atoms with E-state index in [2.05, 4.69) is 0 Å². The molecule has 108 valence electrons. The fourth-order valence-corrected chi connectivity index (χ4v) is 4.81. The molecule has 0 spiro atoms. The summed E-state index contributed by atoms with van der Waals surface area (Å²) in [5, 5.41) is 0. The standard InChI is InChI=1S/C16H28N2O/c1-18(11-14-10-12-5-6-13(14)9-12)15(19)16(17)7-3-2-4-8-16/h12-14H,2-11,17H2,1H3. The van der Waals surface area contributed by atoms with E-state index >= 15 is 0 Å². The molecule has 0 radical (unpaired) electrons. The molecule has 0 saturated heterocycles. The largest absolute Gasteiger partial charge is 0.344 e. The highest BCUT2D eigenvalue weighted by Crippen LogP contribution is 2.48. The number of amides is 1. The fourth-order valence-electron chi connectivity index (χ4n) is 4.81. The summed E-state index contributed by atoms with van der Waals surface area (Å²) in [4.78, 5) is 14.6. The number of rotatable bonds is 3. The summed E-state index contributed by atoms with van der Waals surface area (Å²) in [6.45, 7) is 0.943. The molecule has 1 amide bonds. The van der Waals surface area contributed by atoms with Gasteiger partial charge in [-0.3, -0.25) is 4.79 Å². The molecule has 3 aliphatic carbocycles. The molecule has 3 fully saturated rings. The molecule has 2 bridgehead atoms. The molecule has 3 unspecified atom stereocenters. The summed E-state index contributed by atoms with van der Waals surface area (Å²) in [6, 6.07) is 0. The second-order valence-corrected chi connectivity index (χ2v) is 7.34. The van der Waals surface area contributed by atoms with Gasteiger partial charge in [0.1, 0.15) is 0 Å². The monoisotopic (exact) mass is 264 g/mol. The van der Waals surface area contributed by atoms with E-state index in [1.807, 2.05) is 11.9 Å². The van der Waals surface area contributed by atoms with Gasteiger partial charge in [0.05, 0.1) is 5.54 Å². The minimum atomic E-state index is -0.551. The van der Waals surface area contributed by atoms with Crippen LogP contribution in [0.4, 0.5) is 0 Å². The zero-order valence-corrected chi connectivity index (χ0v) is 12.2. The van der Waals surface area contributed by atoms with Crippen LogP contribution in [0.2, 0.25) is 0 Å². The second-order valence-electron chi connectivity index (χ2n) is 7.34. The molecule has 3 aliphatic rings. The Labute approximate surface area is 116 Å². The van der Waals surface area contributed by atoms with Crippen molar-refractivity contribution in [3.8, 4) is 0 Å². The van der Waals surface area contributed by atoms with Crippen LogP contribution in [0.25, 0.3) is 0 Å². The summed E-state index contributed by atoms with van der Waals surface area (Å²) in [7, 11) is 1.97. The lowest BCUT2D eigenvalue weighted by molar-refractivity contribution is -0.137. The summed E-state index contributed by atoms with van der Waals surface area (Å²) in [5.41, 5.74) is 5.81. The van der Waals surface area contributed by atoms with Gasteiger partial charge in [0.15, 0.2) is 0 Å². The minimum absolute atomic E-state index is 0.204. The topological polar surface area (TPSA) is 46.3 Å². The van der Waals surface area contributed by atoms with E-state index in [9.17, 15) is 4.79 Å². The van der Waals surface area contributed by atoms with Crippen molar-refractivity contribution in [2.75, 3.05) is 13.6 Å². The van der Waals surface area contributed by atoms with Gasteiger partial charge in [-0.2, -0.15) is 0 Å². The van der Waals surface area contributed by atoms with E-state index in [4.69, 9.17) is 5.73 Å². The maximum atomic E-state index is 12.6. The summed E-state index contributed by atoms with van der Waals surface area (Å²) in [5.74, 6) is 2.80. The van der Waals surface area contributed by atoms with Gasteiger partial charge in [-0.05, 0) is 49.9 Å². The highest BCUT2D eigenvalue weighted by atomic mass is 16.2. The van der Waals surface area contributed by atoms with Crippen molar-refractivity contribution >= 4 is 5.91 Å². The number of carbonyl (C=O) groups is 1. The van der Waals surface area contributed by atoms with E-state index in [0.717, 1.165) is 50.0 Å². The maximum Gasteiger partial charge on any atom is 0.242 e. The predicted octanol–water partition coefficient (Wildman–Crippen LogP) is 2.54. The minimum Gasteiger partial charge on any atom is -0.344 e. The Balaban J connectivity index is 1.57. The Morgan fingerprint density at radius 1 is 1.21 bits per heavy atom. The molecule has 0 heterocycles. The maximum absolute atomic E-state index is 12.6. The molecule has 0 aromatic heterocycles. The molecular formula is C16H28N2O. The third kappa shape index (κ3) is 2.54. The van der Waals surface area contributed by atoms with Crippen LogP contribution in [-0.2, 0) is 4.79 Å². The first kappa shape index (κ1) is 13.4. The first-order valence-corrected chi connectivity index (χ1v) is 8.13. The third-order valence-corrected chi connectivity index (χ3v) is 5.91. The Morgan fingerprint density at radius 2 is 1.95 bits per heavy atom. The van der Waals surface area contributed by atoms with Gasteiger partial charge in [-0.25, -0.2) is 0 Å². The lowest BCUT2D eigenvalue weighted by Gasteiger charge is -2.37. The smallest absolute Gasteiger partial charge is 0.242 e. The Morgan fingerprint density at radius 3 is 2.53 bits per heavy atom. The molecule has 3 saturated carbocycles. The first-order chi connectivity index (χ1) is 9.08. The van der Waals surface area contributed by atoms with Crippen molar-refractivity contribution in [3.05, 3.63) is 0 Å². The number of hydrogen-bond acceptors (Lipinski definition) is 2. The molecule has 0 aromatic carbocycles. The number of nitrogens with zero attached hydrogens (tertiary/aromatic N) is 1. The zero-order chi connectivity index (χ0) is 13.5. The van der Waals surface area contributed by atoms with Crippen LogP contribution < -0.4 is 5.73 Å². The van der Waals surface area contributed by atoms with Gasteiger partial charge >= 0.3 is 0 Å². The van der Waals surface area contributed by atoms with Crippen molar-refractivity contribution in [1.29, 1.82) is 0 Å². The van der Waals surface area contributed by atoms with Gasteiger partial charge in [-0.1, -0.05) is 25.7 Å². The average molecular weight is 264 g/mol. The van der Waals surface area contributed by atoms with E-state index in [0.29, 0.717) is 0 Å². The highest BCUT2D eigenvalue weighted by Gasteiger charge is 2.42. The van der Waals surface area contributed by atoms with Gasteiger partial charge in [0, 0.05) is 13.6 Å². The summed E-state index contributed by atoms with van der Waals surface area (Å²) < 4.78 is 0. The SMILES string of the molecule is CN(CC1CC2CCC1C2)C(=O)C1(N)CCCCC1. The number of nitrogens with two attached hydrogens (primary N) is 1. The van der Waals surface area contributed by atoms with Crippen LogP contribution in [0.3, 0.4) is 0 Å². The van der Waals surface area contributed by atoms with E-state index in [1.165, 1.54) is 32.1 Å². The van der Waals surface area contributed by atoms with Gasteiger partial charge in [-0.15, -0.1) is 0 Å². The van der Waals surface area contributed by atoms with Crippen molar-refractivity contribution in [1.82, 2.24) is 4.90 Å². The third-order valence-electron chi connectivity index (χ3n) is 5.91. The lowest BCUT2D eigenvalue weighted by Crippen LogP contribution is -2.56. The molecule has 2 N–H and O–H groups in total. The molecule has 3 rings (SSSR count). The van der Waals surface area contributed by atoms with Crippen LogP contribution in [0.1, 0.15) is 57.8 Å².